The maximum atomic E-state index is 5.79. The molecule has 16 heavy (non-hydrogen) atoms. The summed E-state index contributed by atoms with van der Waals surface area (Å²) in [6, 6.07) is 5.79. The summed E-state index contributed by atoms with van der Waals surface area (Å²) in [7, 11) is 1.60. The van der Waals surface area contributed by atoms with Crippen LogP contribution in [0.5, 0.6) is 5.88 Å². The molecule has 84 valence electrons. The van der Waals surface area contributed by atoms with E-state index >= 15 is 0 Å². The van der Waals surface area contributed by atoms with Crippen molar-refractivity contribution in [3.8, 4) is 17.1 Å². The molecule has 1 atom stereocenters. The average molecular weight is 235 g/mol. The molecule has 0 aliphatic rings. The van der Waals surface area contributed by atoms with Gasteiger partial charge in [0.2, 0.25) is 5.88 Å². The molecule has 0 fully saturated rings. The van der Waals surface area contributed by atoms with Crippen LogP contribution >= 0.6 is 11.5 Å². The van der Waals surface area contributed by atoms with Crippen LogP contribution in [0.3, 0.4) is 0 Å². The third-order valence-electron chi connectivity index (χ3n) is 2.22. The van der Waals surface area contributed by atoms with E-state index in [-0.39, 0.29) is 6.04 Å². The van der Waals surface area contributed by atoms with Crippen LogP contribution < -0.4 is 10.5 Å². The predicted molar refractivity (Wildman–Crippen MR) is 64.5 cm³/mol. The Morgan fingerprint density at radius 1 is 1.44 bits per heavy atom. The van der Waals surface area contributed by atoms with Crippen molar-refractivity contribution in [2.75, 3.05) is 7.11 Å². The van der Waals surface area contributed by atoms with Crippen LogP contribution in [0, 0.1) is 0 Å². The Bertz CT molecular complexity index is 482. The average Bonchev–Trinajstić information content (AvgIpc) is 2.78. The second-order valence-corrected chi connectivity index (χ2v) is 4.33. The van der Waals surface area contributed by atoms with Gasteiger partial charge in [0.15, 0.2) is 0 Å². The topological polar surface area (TPSA) is 61.0 Å². The van der Waals surface area contributed by atoms with E-state index in [1.807, 2.05) is 25.1 Å². The number of rotatable bonds is 3. The molecule has 0 aliphatic carbocycles. The van der Waals surface area contributed by atoms with E-state index < -0.39 is 0 Å². The number of nitrogens with two attached hydrogens (primary N) is 1. The first-order chi connectivity index (χ1) is 7.70. The molecular weight excluding hydrogens is 222 g/mol. The molecule has 2 rings (SSSR count). The fourth-order valence-corrected chi connectivity index (χ4v) is 2.01. The summed E-state index contributed by atoms with van der Waals surface area (Å²) in [5, 5.41) is 0. The van der Waals surface area contributed by atoms with Crippen molar-refractivity contribution in [2.45, 2.75) is 13.0 Å². The van der Waals surface area contributed by atoms with Crippen molar-refractivity contribution >= 4 is 11.5 Å². The molecule has 0 aliphatic heterocycles. The van der Waals surface area contributed by atoms with Gasteiger partial charge in [-0.15, -0.1) is 0 Å². The quantitative estimate of drug-likeness (QED) is 0.886. The highest BCUT2D eigenvalue weighted by Gasteiger charge is 2.08. The second kappa shape index (κ2) is 4.59. The van der Waals surface area contributed by atoms with Crippen molar-refractivity contribution in [2.24, 2.45) is 5.73 Å². The van der Waals surface area contributed by atoms with Crippen LogP contribution in [0.15, 0.2) is 24.4 Å². The summed E-state index contributed by atoms with van der Waals surface area (Å²) in [6.07, 6.45) is 1.71. The Morgan fingerprint density at radius 3 is 2.88 bits per heavy atom. The third-order valence-corrected chi connectivity index (χ3v) is 3.21. The van der Waals surface area contributed by atoms with Crippen molar-refractivity contribution in [1.82, 2.24) is 9.36 Å². The smallest absolute Gasteiger partial charge is 0.213 e. The fourth-order valence-electron chi connectivity index (χ4n) is 1.32. The van der Waals surface area contributed by atoms with Crippen molar-refractivity contribution in [3.63, 3.8) is 0 Å². The van der Waals surface area contributed by atoms with Crippen LogP contribution in [0.2, 0.25) is 0 Å². The maximum absolute atomic E-state index is 5.79. The Labute approximate surface area is 98.3 Å². The normalized spacial score (nSPS) is 12.4. The lowest BCUT2D eigenvalue weighted by molar-refractivity contribution is 0.398. The highest BCUT2D eigenvalue weighted by molar-refractivity contribution is 7.06. The molecule has 4 nitrogen and oxygen atoms in total. The van der Waals surface area contributed by atoms with Crippen LogP contribution in [0.25, 0.3) is 11.3 Å². The SMILES string of the molecule is COc1cc(-c2cc(C(C)N)sn2)ccn1. The van der Waals surface area contributed by atoms with Gasteiger partial charge in [-0.3, -0.25) is 0 Å². The molecule has 0 radical (unpaired) electrons. The number of ether oxygens (including phenoxy) is 1. The molecule has 1 unspecified atom stereocenters. The first kappa shape index (κ1) is 11.0. The lowest BCUT2D eigenvalue weighted by Gasteiger charge is -2.00. The van der Waals surface area contributed by atoms with Crippen molar-refractivity contribution < 1.29 is 4.74 Å². The first-order valence-corrected chi connectivity index (χ1v) is 5.70. The summed E-state index contributed by atoms with van der Waals surface area (Å²) in [6.45, 7) is 1.95. The van der Waals surface area contributed by atoms with E-state index in [4.69, 9.17) is 10.5 Å². The minimum atomic E-state index is 0.0231. The van der Waals surface area contributed by atoms with Crippen LogP contribution in [-0.4, -0.2) is 16.5 Å². The van der Waals surface area contributed by atoms with E-state index in [1.165, 1.54) is 11.5 Å². The molecule has 0 spiro atoms. The minimum Gasteiger partial charge on any atom is -0.481 e. The maximum Gasteiger partial charge on any atom is 0.213 e. The molecule has 2 aromatic heterocycles. The Kier molecular flexibility index (Phi) is 3.17. The summed E-state index contributed by atoms with van der Waals surface area (Å²) in [5.41, 5.74) is 7.70. The highest BCUT2D eigenvalue weighted by atomic mass is 32.1. The molecule has 2 N–H and O–H groups in total. The number of methoxy groups -OCH3 is 1. The number of hydrogen-bond donors (Lipinski definition) is 1. The zero-order valence-electron chi connectivity index (χ0n) is 9.18. The van der Waals surface area contributed by atoms with Crippen molar-refractivity contribution in [1.29, 1.82) is 0 Å². The number of nitrogens with zero attached hydrogens (tertiary/aromatic N) is 2. The summed E-state index contributed by atoms with van der Waals surface area (Å²) in [5.74, 6) is 0.591. The zero-order valence-corrected chi connectivity index (χ0v) is 9.99. The zero-order chi connectivity index (χ0) is 11.5. The van der Waals surface area contributed by atoms with E-state index in [0.29, 0.717) is 5.88 Å². The number of aromatic nitrogens is 2. The van der Waals surface area contributed by atoms with Gasteiger partial charge in [-0.2, -0.15) is 4.37 Å². The summed E-state index contributed by atoms with van der Waals surface area (Å²) in [4.78, 5) is 5.13. The van der Waals surface area contributed by atoms with Gasteiger partial charge in [0, 0.05) is 28.7 Å². The second-order valence-electron chi connectivity index (χ2n) is 3.49. The molecule has 0 saturated heterocycles. The molecule has 0 bridgehead atoms. The third kappa shape index (κ3) is 2.20. The molecule has 2 aromatic rings. The highest BCUT2D eigenvalue weighted by Crippen LogP contribution is 2.26. The number of hydrogen-bond acceptors (Lipinski definition) is 5. The monoisotopic (exact) mass is 235 g/mol. The van der Waals surface area contributed by atoms with Crippen LogP contribution in [0.4, 0.5) is 0 Å². The van der Waals surface area contributed by atoms with E-state index in [2.05, 4.69) is 9.36 Å². The lowest BCUT2D eigenvalue weighted by Crippen LogP contribution is -2.01. The van der Waals surface area contributed by atoms with E-state index in [9.17, 15) is 0 Å². The van der Waals surface area contributed by atoms with Gasteiger partial charge in [-0.1, -0.05) is 0 Å². The Balaban J connectivity index is 2.34. The standard InChI is InChI=1S/C11H13N3OS/c1-7(12)10-6-9(14-16-10)8-3-4-13-11(5-8)15-2/h3-7H,12H2,1-2H3. The van der Waals surface area contributed by atoms with Gasteiger partial charge in [0.1, 0.15) is 0 Å². The predicted octanol–water partition coefficient (Wildman–Crippen LogP) is 2.23. The lowest BCUT2D eigenvalue weighted by atomic mass is 10.1. The van der Waals surface area contributed by atoms with Gasteiger partial charge in [-0.25, -0.2) is 4.98 Å². The molecule has 5 heteroatoms. The summed E-state index contributed by atoms with van der Waals surface area (Å²) < 4.78 is 9.43. The number of pyridine rings is 1. The largest absolute Gasteiger partial charge is 0.481 e. The Morgan fingerprint density at radius 2 is 2.25 bits per heavy atom. The van der Waals surface area contributed by atoms with Gasteiger partial charge in [-0.05, 0) is 30.6 Å². The van der Waals surface area contributed by atoms with Gasteiger partial charge in [0.25, 0.3) is 0 Å². The van der Waals surface area contributed by atoms with Gasteiger partial charge >= 0.3 is 0 Å². The van der Waals surface area contributed by atoms with Crippen molar-refractivity contribution in [3.05, 3.63) is 29.3 Å². The molecule has 0 aromatic carbocycles. The van der Waals surface area contributed by atoms with Crippen LogP contribution in [-0.2, 0) is 0 Å². The minimum absolute atomic E-state index is 0.0231. The van der Waals surface area contributed by atoms with E-state index in [1.54, 1.807) is 13.3 Å². The molecule has 0 amide bonds. The van der Waals surface area contributed by atoms with Gasteiger partial charge < -0.3 is 10.5 Å². The summed E-state index contributed by atoms with van der Waals surface area (Å²) >= 11 is 1.43. The fraction of sp³-hybridized carbons (Fsp3) is 0.273. The van der Waals surface area contributed by atoms with E-state index in [0.717, 1.165) is 16.1 Å². The molecular formula is C11H13N3OS. The molecule has 0 saturated carbocycles. The van der Waals surface area contributed by atoms with Gasteiger partial charge in [0.05, 0.1) is 12.8 Å². The first-order valence-electron chi connectivity index (χ1n) is 4.93. The molecule has 2 heterocycles. The van der Waals surface area contributed by atoms with Crippen LogP contribution in [0.1, 0.15) is 17.8 Å². The Hall–Kier alpha value is -1.46.